The van der Waals surface area contributed by atoms with Gasteiger partial charge in [-0.25, -0.2) is 0 Å². The molecule has 12 heavy (non-hydrogen) atoms. The highest BCUT2D eigenvalue weighted by molar-refractivity contribution is 5.93. The van der Waals surface area contributed by atoms with Crippen molar-refractivity contribution in [2.24, 2.45) is 11.8 Å². The molecule has 2 atom stereocenters. The number of hydrogen-bond donors (Lipinski definition) is 0. The van der Waals surface area contributed by atoms with Crippen molar-refractivity contribution in [3.63, 3.8) is 0 Å². The van der Waals surface area contributed by atoms with Crippen LogP contribution in [0.15, 0.2) is 11.6 Å². The Hall–Kier alpha value is -0.590. The van der Waals surface area contributed by atoms with Gasteiger partial charge in [-0.1, -0.05) is 18.9 Å². The van der Waals surface area contributed by atoms with Crippen LogP contribution in [0, 0.1) is 11.8 Å². The molecule has 1 fully saturated rings. The zero-order valence-corrected chi connectivity index (χ0v) is 7.68. The molecule has 0 bridgehead atoms. The molecule has 2 unspecified atom stereocenters. The van der Waals surface area contributed by atoms with E-state index in [1.54, 1.807) is 0 Å². The summed E-state index contributed by atoms with van der Waals surface area (Å²) in [5.74, 6) is 1.41. The number of hydrogen-bond acceptors (Lipinski definition) is 1. The van der Waals surface area contributed by atoms with E-state index in [0.29, 0.717) is 5.78 Å². The Bertz CT molecular complexity index is 227. The molecule has 1 nitrogen and oxygen atoms in total. The third-order valence-electron chi connectivity index (χ3n) is 3.24. The van der Waals surface area contributed by atoms with Crippen molar-refractivity contribution < 1.29 is 4.79 Å². The van der Waals surface area contributed by atoms with Gasteiger partial charge in [0.15, 0.2) is 5.78 Å². The summed E-state index contributed by atoms with van der Waals surface area (Å²) in [6.45, 7) is 2.06. The molecular weight excluding hydrogens is 148 g/mol. The van der Waals surface area contributed by atoms with Crippen molar-refractivity contribution in [3.05, 3.63) is 11.6 Å². The highest BCUT2D eigenvalue weighted by Crippen LogP contribution is 2.37. The lowest BCUT2D eigenvalue weighted by atomic mass is 9.74. The maximum Gasteiger partial charge on any atom is 0.158 e. The summed E-state index contributed by atoms with van der Waals surface area (Å²) in [6, 6.07) is 0. The fourth-order valence-corrected chi connectivity index (χ4v) is 2.44. The van der Waals surface area contributed by atoms with Crippen molar-refractivity contribution >= 4 is 5.78 Å². The average Bonchev–Trinajstić information content (AvgIpc) is 2.07. The maximum atomic E-state index is 11.4. The second kappa shape index (κ2) is 3.04. The Labute approximate surface area is 73.8 Å². The molecule has 0 aromatic carbocycles. The lowest BCUT2D eigenvalue weighted by molar-refractivity contribution is -0.118. The van der Waals surface area contributed by atoms with E-state index in [-0.39, 0.29) is 5.92 Å². The van der Waals surface area contributed by atoms with E-state index in [0.717, 1.165) is 12.3 Å². The Kier molecular flexibility index (Phi) is 2.03. The molecule has 0 aliphatic heterocycles. The van der Waals surface area contributed by atoms with E-state index in [9.17, 15) is 4.79 Å². The van der Waals surface area contributed by atoms with Crippen molar-refractivity contribution in [1.82, 2.24) is 0 Å². The standard InChI is InChI=1S/C11H16O/c1-8-6-9-4-2-3-5-10(9)7-11(8)12/h7-9H,2-6H2,1H3. The fraction of sp³-hybridized carbons (Fsp3) is 0.727. The first-order chi connectivity index (χ1) is 5.77. The quantitative estimate of drug-likeness (QED) is 0.538. The third kappa shape index (κ3) is 1.33. The van der Waals surface area contributed by atoms with E-state index in [4.69, 9.17) is 0 Å². The molecule has 0 radical (unpaired) electrons. The molecule has 2 rings (SSSR count). The van der Waals surface area contributed by atoms with Gasteiger partial charge in [-0.05, 0) is 37.7 Å². The SMILES string of the molecule is CC1CC2CCCCC2=CC1=O. The van der Waals surface area contributed by atoms with Crippen LogP contribution >= 0.6 is 0 Å². The van der Waals surface area contributed by atoms with Crippen molar-refractivity contribution in [2.75, 3.05) is 0 Å². The molecule has 2 aliphatic rings. The molecule has 0 aromatic heterocycles. The normalized spacial score (nSPS) is 35.8. The van der Waals surface area contributed by atoms with Crippen LogP contribution in [0.4, 0.5) is 0 Å². The summed E-state index contributed by atoms with van der Waals surface area (Å²) in [6.07, 6.45) is 8.21. The van der Waals surface area contributed by atoms with Gasteiger partial charge in [0.1, 0.15) is 0 Å². The van der Waals surface area contributed by atoms with Crippen LogP contribution in [0.2, 0.25) is 0 Å². The van der Waals surface area contributed by atoms with Crippen LogP contribution in [0.5, 0.6) is 0 Å². The molecule has 0 saturated heterocycles. The molecular formula is C11H16O. The Morgan fingerprint density at radius 3 is 3.08 bits per heavy atom. The zero-order chi connectivity index (χ0) is 8.55. The minimum Gasteiger partial charge on any atom is -0.295 e. The highest BCUT2D eigenvalue weighted by Gasteiger charge is 2.28. The lowest BCUT2D eigenvalue weighted by Crippen LogP contribution is -2.23. The van der Waals surface area contributed by atoms with Crippen LogP contribution in [0.1, 0.15) is 39.0 Å². The second-order valence-corrected chi connectivity index (χ2v) is 4.20. The largest absolute Gasteiger partial charge is 0.295 e. The van der Waals surface area contributed by atoms with Gasteiger partial charge in [-0.3, -0.25) is 4.79 Å². The Balaban J connectivity index is 2.19. The second-order valence-electron chi connectivity index (χ2n) is 4.20. The van der Waals surface area contributed by atoms with E-state index < -0.39 is 0 Å². The molecule has 66 valence electrons. The molecule has 0 spiro atoms. The predicted molar refractivity (Wildman–Crippen MR) is 48.8 cm³/mol. The van der Waals surface area contributed by atoms with Gasteiger partial charge in [0.25, 0.3) is 0 Å². The molecule has 1 heteroatoms. The number of rotatable bonds is 0. The fourth-order valence-electron chi connectivity index (χ4n) is 2.44. The summed E-state index contributed by atoms with van der Waals surface area (Å²) >= 11 is 0. The van der Waals surface area contributed by atoms with Crippen LogP contribution < -0.4 is 0 Å². The first kappa shape index (κ1) is 8.03. The first-order valence-electron chi connectivity index (χ1n) is 5.01. The summed E-state index contributed by atoms with van der Waals surface area (Å²) in [7, 11) is 0. The average molecular weight is 164 g/mol. The minimum absolute atomic E-state index is 0.289. The number of ketones is 1. The van der Waals surface area contributed by atoms with Gasteiger partial charge in [-0.15, -0.1) is 0 Å². The Morgan fingerprint density at radius 1 is 1.42 bits per heavy atom. The topological polar surface area (TPSA) is 17.1 Å². The lowest BCUT2D eigenvalue weighted by Gasteiger charge is -2.30. The number of allylic oxidation sites excluding steroid dienone is 2. The van der Waals surface area contributed by atoms with Gasteiger partial charge in [0.05, 0.1) is 0 Å². The third-order valence-corrected chi connectivity index (χ3v) is 3.24. The smallest absolute Gasteiger partial charge is 0.158 e. The summed E-state index contributed by atoms with van der Waals surface area (Å²) in [5, 5.41) is 0. The maximum absolute atomic E-state index is 11.4. The van der Waals surface area contributed by atoms with Crippen LogP contribution in [-0.4, -0.2) is 5.78 Å². The number of carbonyl (C=O) groups excluding carboxylic acids is 1. The van der Waals surface area contributed by atoms with Gasteiger partial charge < -0.3 is 0 Å². The molecule has 0 aromatic rings. The predicted octanol–water partition coefficient (Wildman–Crippen LogP) is 2.71. The number of fused-ring (bicyclic) bond motifs is 1. The van der Waals surface area contributed by atoms with Crippen LogP contribution in [0.3, 0.4) is 0 Å². The summed E-state index contributed by atoms with van der Waals surface area (Å²) in [4.78, 5) is 11.4. The Morgan fingerprint density at radius 2 is 2.25 bits per heavy atom. The molecule has 2 aliphatic carbocycles. The van der Waals surface area contributed by atoms with Gasteiger partial charge in [0, 0.05) is 5.92 Å². The van der Waals surface area contributed by atoms with E-state index in [1.807, 2.05) is 6.08 Å². The molecule has 0 amide bonds. The molecule has 0 N–H and O–H groups in total. The zero-order valence-electron chi connectivity index (χ0n) is 7.68. The highest BCUT2D eigenvalue weighted by atomic mass is 16.1. The summed E-state index contributed by atoms with van der Waals surface area (Å²) in [5.41, 5.74) is 1.45. The first-order valence-corrected chi connectivity index (χ1v) is 5.01. The van der Waals surface area contributed by atoms with Crippen molar-refractivity contribution in [1.29, 1.82) is 0 Å². The van der Waals surface area contributed by atoms with Gasteiger partial charge in [-0.2, -0.15) is 0 Å². The van der Waals surface area contributed by atoms with Gasteiger partial charge >= 0.3 is 0 Å². The van der Waals surface area contributed by atoms with Crippen molar-refractivity contribution in [2.45, 2.75) is 39.0 Å². The number of carbonyl (C=O) groups is 1. The van der Waals surface area contributed by atoms with E-state index >= 15 is 0 Å². The summed E-state index contributed by atoms with van der Waals surface area (Å²) < 4.78 is 0. The molecule has 0 heterocycles. The van der Waals surface area contributed by atoms with Gasteiger partial charge in [0.2, 0.25) is 0 Å². The minimum atomic E-state index is 0.289. The van der Waals surface area contributed by atoms with Crippen LogP contribution in [-0.2, 0) is 4.79 Å². The van der Waals surface area contributed by atoms with E-state index in [1.165, 1.54) is 31.3 Å². The monoisotopic (exact) mass is 164 g/mol. The molecule has 1 saturated carbocycles. The van der Waals surface area contributed by atoms with Crippen molar-refractivity contribution in [3.8, 4) is 0 Å². The van der Waals surface area contributed by atoms with E-state index in [2.05, 4.69) is 6.92 Å². The van der Waals surface area contributed by atoms with Crippen LogP contribution in [0.25, 0.3) is 0 Å².